The van der Waals surface area contributed by atoms with Crippen LogP contribution < -0.4 is 5.32 Å². The Morgan fingerprint density at radius 3 is 2.53 bits per heavy atom. The minimum absolute atomic E-state index is 0.0542. The lowest BCUT2D eigenvalue weighted by Gasteiger charge is -2.10. The van der Waals surface area contributed by atoms with Crippen molar-refractivity contribution in [3.63, 3.8) is 0 Å². The Labute approximate surface area is 111 Å². The Bertz CT molecular complexity index is 522. The van der Waals surface area contributed by atoms with Gasteiger partial charge in [0, 0.05) is 6.04 Å². The number of nitriles is 1. The van der Waals surface area contributed by atoms with E-state index in [4.69, 9.17) is 5.26 Å². The highest BCUT2D eigenvalue weighted by atomic mass is 19.1. The predicted molar refractivity (Wildman–Crippen MR) is 70.4 cm³/mol. The van der Waals surface area contributed by atoms with E-state index in [9.17, 15) is 9.18 Å². The van der Waals surface area contributed by atoms with Crippen molar-refractivity contribution in [2.24, 2.45) is 0 Å². The second-order valence-electron chi connectivity index (χ2n) is 4.68. The molecule has 2 rings (SSSR count). The maximum absolute atomic E-state index is 12.8. The van der Waals surface area contributed by atoms with Gasteiger partial charge in [-0.1, -0.05) is 25.0 Å². The van der Waals surface area contributed by atoms with Crippen LogP contribution in [0.5, 0.6) is 0 Å². The molecule has 1 N–H and O–H groups in total. The third-order valence-electron chi connectivity index (χ3n) is 3.24. The van der Waals surface area contributed by atoms with Gasteiger partial charge in [-0.25, -0.2) is 4.39 Å². The Balaban J connectivity index is 2.08. The number of amides is 1. The van der Waals surface area contributed by atoms with Gasteiger partial charge in [-0.2, -0.15) is 5.26 Å². The molecule has 98 valence electrons. The number of nitrogens with one attached hydrogen (secondary N) is 1. The molecule has 0 saturated heterocycles. The fraction of sp³-hybridized carbons (Fsp3) is 0.333. The first kappa shape index (κ1) is 13.3. The van der Waals surface area contributed by atoms with Crippen molar-refractivity contribution >= 4 is 12.0 Å². The summed E-state index contributed by atoms with van der Waals surface area (Å²) in [5, 5.41) is 11.9. The van der Waals surface area contributed by atoms with Crippen molar-refractivity contribution in [3.8, 4) is 6.07 Å². The normalized spacial score (nSPS) is 16.1. The van der Waals surface area contributed by atoms with Gasteiger partial charge < -0.3 is 5.32 Å². The summed E-state index contributed by atoms with van der Waals surface area (Å²) in [6.45, 7) is 0. The van der Waals surface area contributed by atoms with Crippen molar-refractivity contribution in [3.05, 3.63) is 41.2 Å². The average molecular weight is 258 g/mol. The van der Waals surface area contributed by atoms with Crippen molar-refractivity contribution in [1.82, 2.24) is 5.32 Å². The molecule has 19 heavy (non-hydrogen) atoms. The van der Waals surface area contributed by atoms with Gasteiger partial charge in [-0.3, -0.25) is 4.79 Å². The highest BCUT2D eigenvalue weighted by Crippen LogP contribution is 2.18. The van der Waals surface area contributed by atoms with Gasteiger partial charge >= 0.3 is 0 Å². The standard InChI is InChI=1S/C15H15FN2O/c16-13-7-5-11(6-8-13)9-12(10-17)15(19)18-14-3-1-2-4-14/h5-9,14H,1-4H2,(H,18,19)/b12-9-. The summed E-state index contributed by atoms with van der Waals surface area (Å²) in [4.78, 5) is 11.9. The SMILES string of the molecule is N#C/C(=C/c1ccc(F)cc1)C(=O)NC1CCCC1. The minimum atomic E-state index is -0.348. The summed E-state index contributed by atoms with van der Waals surface area (Å²) in [5.41, 5.74) is 0.693. The topological polar surface area (TPSA) is 52.9 Å². The molecule has 1 aliphatic rings. The molecule has 0 heterocycles. The number of nitrogens with zero attached hydrogens (tertiary/aromatic N) is 1. The van der Waals surface area contributed by atoms with E-state index in [1.807, 2.05) is 6.07 Å². The Hall–Kier alpha value is -2.15. The summed E-state index contributed by atoms with van der Waals surface area (Å²) >= 11 is 0. The fourth-order valence-electron chi connectivity index (χ4n) is 2.21. The minimum Gasteiger partial charge on any atom is -0.349 e. The van der Waals surface area contributed by atoms with Crippen LogP contribution in [0.2, 0.25) is 0 Å². The smallest absolute Gasteiger partial charge is 0.262 e. The average Bonchev–Trinajstić information content (AvgIpc) is 2.90. The van der Waals surface area contributed by atoms with E-state index in [2.05, 4.69) is 5.32 Å². The largest absolute Gasteiger partial charge is 0.349 e. The second kappa shape index (κ2) is 6.14. The van der Waals surface area contributed by atoms with E-state index in [1.165, 1.54) is 30.3 Å². The highest BCUT2D eigenvalue weighted by molar-refractivity contribution is 6.01. The lowest BCUT2D eigenvalue weighted by Crippen LogP contribution is -2.33. The lowest BCUT2D eigenvalue weighted by atomic mass is 10.1. The zero-order valence-electron chi connectivity index (χ0n) is 10.5. The van der Waals surface area contributed by atoms with Gasteiger partial charge in [0.05, 0.1) is 0 Å². The second-order valence-corrected chi connectivity index (χ2v) is 4.68. The maximum atomic E-state index is 12.8. The first-order chi connectivity index (χ1) is 9.19. The van der Waals surface area contributed by atoms with Crippen LogP contribution in [0.15, 0.2) is 29.8 Å². The quantitative estimate of drug-likeness (QED) is 0.669. The predicted octanol–water partition coefficient (Wildman–Crippen LogP) is 2.79. The van der Waals surface area contributed by atoms with Crippen molar-refractivity contribution in [1.29, 1.82) is 5.26 Å². The molecule has 0 aromatic heterocycles. The summed E-state index contributed by atoms with van der Waals surface area (Å²) < 4.78 is 12.8. The highest BCUT2D eigenvalue weighted by Gasteiger charge is 2.19. The molecule has 0 unspecified atom stereocenters. The maximum Gasteiger partial charge on any atom is 0.262 e. The van der Waals surface area contributed by atoms with Gasteiger partial charge in [0.1, 0.15) is 17.5 Å². The number of halogens is 1. The summed E-state index contributed by atoms with van der Waals surface area (Å²) in [6.07, 6.45) is 5.66. The zero-order valence-corrected chi connectivity index (χ0v) is 10.5. The number of benzene rings is 1. The molecule has 4 heteroatoms. The molecule has 0 spiro atoms. The Morgan fingerprint density at radius 1 is 1.32 bits per heavy atom. The van der Waals surface area contributed by atoms with Gasteiger partial charge in [0.15, 0.2) is 0 Å². The number of carbonyl (C=O) groups excluding carboxylic acids is 1. The zero-order chi connectivity index (χ0) is 13.7. The van der Waals surface area contributed by atoms with Gasteiger partial charge in [-0.05, 0) is 36.6 Å². The molecule has 0 atom stereocenters. The third kappa shape index (κ3) is 3.65. The van der Waals surface area contributed by atoms with E-state index < -0.39 is 0 Å². The summed E-state index contributed by atoms with van der Waals surface area (Å²) in [7, 11) is 0. The van der Waals surface area contributed by atoms with E-state index in [0.29, 0.717) is 5.56 Å². The molecule has 1 aromatic rings. The van der Waals surface area contributed by atoms with Gasteiger partial charge in [-0.15, -0.1) is 0 Å². The van der Waals surface area contributed by atoms with E-state index in [1.54, 1.807) is 0 Å². The van der Waals surface area contributed by atoms with Crippen LogP contribution in [-0.4, -0.2) is 11.9 Å². The molecular weight excluding hydrogens is 243 g/mol. The molecule has 3 nitrogen and oxygen atoms in total. The molecule has 0 aliphatic heterocycles. The monoisotopic (exact) mass is 258 g/mol. The molecule has 1 amide bonds. The molecule has 1 aromatic carbocycles. The van der Waals surface area contributed by atoms with Gasteiger partial charge in [0.2, 0.25) is 0 Å². The van der Waals surface area contributed by atoms with Crippen LogP contribution in [0.1, 0.15) is 31.2 Å². The summed E-state index contributed by atoms with van der Waals surface area (Å²) in [5.74, 6) is -0.690. The van der Waals surface area contributed by atoms with Crippen molar-refractivity contribution < 1.29 is 9.18 Å². The van der Waals surface area contributed by atoms with Gasteiger partial charge in [0.25, 0.3) is 5.91 Å². The number of rotatable bonds is 3. The third-order valence-corrected chi connectivity index (χ3v) is 3.24. The molecule has 1 aliphatic carbocycles. The van der Waals surface area contributed by atoms with Crippen LogP contribution in [0.25, 0.3) is 6.08 Å². The van der Waals surface area contributed by atoms with E-state index in [0.717, 1.165) is 25.7 Å². The number of carbonyl (C=O) groups is 1. The van der Waals surface area contributed by atoms with Crippen LogP contribution in [0.3, 0.4) is 0 Å². The first-order valence-corrected chi connectivity index (χ1v) is 6.37. The van der Waals surface area contributed by atoms with Crippen LogP contribution >= 0.6 is 0 Å². The number of hydrogen-bond donors (Lipinski definition) is 1. The van der Waals surface area contributed by atoms with Crippen LogP contribution in [0, 0.1) is 17.1 Å². The Morgan fingerprint density at radius 2 is 1.95 bits per heavy atom. The van der Waals surface area contributed by atoms with Crippen LogP contribution in [-0.2, 0) is 4.79 Å². The number of hydrogen-bond acceptors (Lipinski definition) is 2. The molecule has 1 saturated carbocycles. The molecule has 0 bridgehead atoms. The van der Waals surface area contributed by atoms with E-state index >= 15 is 0 Å². The Kier molecular flexibility index (Phi) is 4.30. The van der Waals surface area contributed by atoms with Crippen molar-refractivity contribution in [2.45, 2.75) is 31.7 Å². The molecule has 0 radical (unpaired) electrons. The fourth-order valence-corrected chi connectivity index (χ4v) is 2.21. The van der Waals surface area contributed by atoms with Crippen LogP contribution in [0.4, 0.5) is 4.39 Å². The first-order valence-electron chi connectivity index (χ1n) is 6.37. The van der Waals surface area contributed by atoms with E-state index in [-0.39, 0.29) is 23.3 Å². The summed E-state index contributed by atoms with van der Waals surface area (Å²) in [6, 6.07) is 7.75. The van der Waals surface area contributed by atoms with Crippen molar-refractivity contribution in [2.75, 3.05) is 0 Å². The molecule has 1 fully saturated rings. The lowest BCUT2D eigenvalue weighted by molar-refractivity contribution is -0.117. The molecular formula is C15H15FN2O.